The summed E-state index contributed by atoms with van der Waals surface area (Å²) in [5.74, 6) is 1.27. The van der Waals surface area contributed by atoms with Crippen LogP contribution in [0.25, 0.3) is 0 Å². The Labute approximate surface area is 105 Å². The van der Waals surface area contributed by atoms with Crippen LogP contribution in [-0.2, 0) is 0 Å². The van der Waals surface area contributed by atoms with Gasteiger partial charge in [-0.05, 0) is 23.8 Å². The molecule has 1 atom stereocenters. The Morgan fingerprint density at radius 3 is 2.60 bits per heavy atom. The summed E-state index contributed by atoms with van der Waals surface area (Å²) in [6.45, 7) is 0. The van der Waals surface area contributed by atoms with Crippen LogP contribution in [0, 0.1) is 0 Å². The lowest BCUT2D eigenvalue weighted by atomic mass is 10.1. The summed E-state index contributed by atoms with van der Waals surface area (Å²) in [5, 5.41) is 0.872. The van der Waals surface area contributed by atoms with E-state index >= 15 is 0 Å². The number of rotatable bonds is 4. The zero-order valence-electron chi connectivity index (χ0n) is 8.34. The number of hydrogen-bond donors (Lipinski definition) is 2. The fourth-order valence-electron chi connectivity index (χ4n) is 1.29. The second kappa shape index (κ2) is 5.85. The normalized spacial score (nSPS) is 12.6. The van der Waals surface area contributed by atoms with Crippen LogP contribution in [-0.4, -0.2) is 12.9 Å². The van der Waals surface area contributed by atoms with Crippen molar-refractivity contribution in [2.45, 2.75) is 12.5 Å². The molecule has 0 radical (unpaired) electrons. The molecule has 1 aromatic rings. The van der Waals surface area contributed by atoms with E-state index in [1.165, 1.54) is 0 Å². The van der Waals surface area contributed by atoms with Crippen molar-refractivity contribution in [3.63, 3.8) is 0 Å². The smallest absolute Gasteiger partial charge is 0.139 e. The Morgan fingerprint density at radius 1 is 1.40 bits per heavy atom. The lowest BCUT2D eigenvalue weighted by molar-refractivity contribution is 0.415. The minimum atomic E-state index is -0.140. The zero-order chi connectivity index (χ0) is 11.4. The predicted octanol–water partition coefficient (Wildman–Crippen LogP) is 3.32. The molecule has 0 aliphatic rings. The molecule has 0 fully saturated rings. The summed E-state index contributed by atoms with van der Waals surface area (Å²) >= 11 is 16.2. The molecular weight excluding hydrogens is 253 g/mol. The van der Waals surface area contributed by atoms with Crippen LogP contribution in [0.1, 0.15) is 18.0 Å². The molecule has 0 saturated carbocycles. The van der Waals surface area contributed by atoms with Crippen molar-refractivity contribution in [2.24, 2.45) is 5.73 Å². The van der Waals surface area contributed by atoms with Gasteiger partial charge in [0.2, 0.25) is 0 Å². The number of thiol groups is 1. The fraction of sp³-hybridized carbons (Fsp3) is 0.400. The van der Waals surface area contributed by atoms with Gasteiger partial charge in [-0.2, -0.15) is 12.6 Å². The maximum Gasteiger partial charge on any atom is 0.139 e. The summed E-state index contributed by atoms with van der Waals surface area (Å²) in [6.07, 6.45) is 0.755. The molecule has 15 heavy (non-hydrogen) atoms. The van der Waals surface area contributed by atoms with E-state index in [1.54, 1.807) is 13.2 Å². The summed E-state index contributed by atoms with van der Waals surface area (Å²) in [4.78, 5) is 0. The summed E-state index contributed by atoms with van der Waals surface area (Å²) in [7, 11) is 1.55. The van der Waals surface area contributed by atoms with Crippen LogP contribution in [0.5, 0.6) is 5.75 Å². The fourth-order valence-corrected chi connectivity index (χ4v) is 2.11. The average molecular weight is 266 g/mol. The van der Waals surface area contributed by atoms with Crippen molar-refractivity contribution in [2.75, 3.05) is 12.9 Å². The van der Waals surface area contributed by atoms with Gasteiger partial charge in [-0.15, -0.1) is 0 Å². The Kier molecular flexibility index (Phi) is 5.06. The molecule has 1 aromatic carbocycles. The molecule has 1 rings (SSSR count). The highest BCUT2D eigenvalue weighted by Gasteiger charge is 2.15. The van der Waals surface area contributed by atoms with Gasteiger partial charge in [0.1, 0.15) is 10.8 Å². The second-order valence-corrected chi connectivity index (χ2v) is 4.31. The molecule has 0 amide bonds. The van der Waals surface area contributed by atoms with Gasteiger partial charge < -0.3 is 10.5 Å². The summed E-state index contributed by atoms with van der Waals surface area (Å²) < 4.78 is 5.05. The Morgan fingerprint density at radius 2 is 2.07 bits per heavy atom. The quantitative estimate of drug-likeness (QED) is 0.820. The van der Waals surface area contributed by atoms with E-state index in [-0.39, 0.29) is 6.04 Å². The molecule has 1 unspecified atom stereocenters. The lowest BCUT2D eigenvalue weighted by Crippen LogP contribution is -2.11. The molecule has 0 spiro atoms. The molecule has 0 aromatic heterocycles. The Bertz CT molecular complexity index is 346. The van der Waals surface area contributed by atoms with Crippen molar-refractivity contribution < 1.29 is 4.74 Å². The van der Waals surface area contributed by atoms with Crippen LogP contribution in [0.2, 0.25) is 10.0 Å². The van der Waals surface area contributed by atoms with Gasteiger partial charge in [0.15, 0.2) is 0 Å². The monoisotopic (exact) mass is 265 g/mol. The highest BCUT2D eigenvalue weighted by molar-refractivity contribution is 7.80. The average Bonchev–Trinajstić information content (AvgIpc) is 2.22. The van der Waals surface area contributed by atoms with Crippen molar-refractivity contribution in [1.29, 1.82) is 0 Å². The van der Waals surface area contributed by atoms with E-state index in [1.807, 2.05) is 6.07 Å². The van der Waals surface area contributed by atoms with Crippen LogP contribution in [0.4, 0.5) is 0 Å². The van der Waals surface area contributed by atoms with E-state index in [9.17, 15) is 0 Å². The first-order valence-corrected chi connectivity index (χ1v) is 5.89. The third kappa shape index (κ3) is 2.94. The first-order chi connectivity index (χ1) is 7.11. The molecule has 5 heteroatoms. The number of ether oxygens (including phenoxy) is 1. The summed E-state index contributed by atoms with van der Waals surface area (Å²) in [6, 6.07) is 3.46. The molecule has 0 heterocycles. The molecule has 2 nitrogen and oxygen atoms in total. The zero-order valence-corrected chi connectivity index (χ0v) is 10.7. The van der Waals surface area contributed by atoms with E-state index < -0.39 is 0 Å². The molecule has 0 saturated heterocycles. The third-order valence-corrected chi connectivity index (χ3v) is 3.27. The van der Waals surface area contributed by atoms with Crippen molar-refractivity contribution in [1.82, 2.24) is 0 Å². The van der Waals surface area contributed by atoms with Crippen LogP contribution < -0.4 is 10.5 Å². The van der Waals surface area contributed by atoms with Gasteiger partial charge in [-0.1, -0.05) is 29.3 Å². The van der Waals surface area contributed by atoms with Gasteiger partial charge in [-0.25, -0.2) is 0 Å². The third-order valence-electron chi connectivity index (χ3n) is 2.14. The van der Waals surface area contributed by atoms with Gasteiger partial charge >= 0.3 is 0 Å². The lowest BCUT2D eigenvalue weighted by Gasteiger charge is -2.14. The van der Waals surface area contributed by atoms with Gasteiger partial charge in [0.25, 0.3) is 0 Å². The minimum Gasteiger partial charge on any atom is -0.495 e. The maximum atomic E-state index is 6.09. The summed E-state index contributed by atoms with van der Waals surface area (Å²) in [5.41, 5.74) is 6.76. The Balaban J connectivity index is 3.06. The van der Waals surface area contributed by atoms with Crippen molar-refractivity contribution in [3.8, 4) is 5.75 Å². The standard InChI is InChI=1S/C10H13Cl2NOS/c1-14-8-3-2-6(7(13)4-5-15)9(11)10(8)12/h2-3,7,15H,4-5,13H2,1H3. The van der Waals surface area contributed by atoms with E-state index in [0.717, 1.165) is 12.0 Å². The molecular formula is C10H13Cl2NOS. The Hall–Kier alpha value is -0.0900. The molecule has 0 bridgehead atoms. The van der Waals surface area contributed by atoms with Crippen LogP contribution in [0.15, 0.2) is 12.1 Å². The molecule has 0 aliphatic carbocycles. The highest BCUT2D eigenvalue weighted by atomic mass is 35.5. The van der Waals surface area contributed by atoms with E-state index in [4.69, 9.17) is 33.7 Å². The SMILES string of the molecule is COc1ccc(C(N)CCS)c(Cl)c1Cl. The first kappa shape index (κ1) is 13.0. The molecule has 2 N–H and O–H groups in total. The predicted molar refractivity (Wildman–Crippen MR) is 68.4 cm³/mol. The van der Waals surface area contributed by atoms with E-state index in [2.05, 4.69) is 12.6 Å². The van der Waals surface area contributed by atoms with Crippen LogP contribution >= 0.6 is 35.8 Å². The number of methoxy groups -OCH3 is 1. The second-order valence-electron chi connectivity index (χ2n) is 3.10. The van der Waals surface area contributed by atoms with Gasteiger partial charge in [-0.3, -0.25) is 0 Å². The number of hydrogen-bond acceptors (Lipinski definition) is 3. The van der Waals surface area contributed by atoms with Crippen LogP contribution in [0.3, 0.4) is 0 Å². The molecule has 84 valence electrons. The number of nitrogens with two attached hydrogens (primary N) is 1. The largest absolute Gasteiger partial charge is 0.495 e. The maximum absolute atomic E-state index is 6.09. The first-order valence-electron chi connectivity index (χ1n) is 4.50. The number of benzene rings is 1. The highest BCUT2D eigenvalue weighted by Crippen LogP contribution is 2.37. The van der Waals surface area contributed by atoms with Gasteiger partial charge in [0.05, 0.1) is 12.1 Å². The van der Waals surface area contributed by atoms with Crippen molar-refractivity contribution in [3.05, 3.63) is 27.7 Å². The van der Waals surface area contributed by atoms with Gasteiger partial charge in [0, 0.05) is 6.04 Å². The van der Waals surface area contributed by atoms with E-state index in [0.29, 0.717) is 21.5 Å². The topological polar surface area (TPSA) is 35.2 Å². The van der Waals surface area contributed by atoms with Crippen molar-refractivity contribution >= 4 is 35.8 Å². The minimum absolute atomic E-state index is 0.140. The molecule has 0 aliphatic heterocycles. The number of halogens is 2.